The number of benzene rings is 1. The molecule has 1 atom stereocenters. The number of Topliss-reactive ketones (excluding diaryl/α,β-unsaturated/α-hetero) is 1. The van der Waals surface area contributed by atoms with Gasteiger partial charge in [-0.3, -0.25) is 14.6 Å². The Balaban J connectivity index is 1.73. The van der Waals surface area contributed by atoms with E-state index in [1.807, 2.05) is 10.8 Å². The van der Waals surface area contributed by atoms with Crippen LogP contribution in [0.3, 0.4) is 0 Å². The predicted octanol–water partition coefficient (Wildman–Crippen LogP) is 3.44. The second-order valence-electron chi connectivity index (χ2n) is 6.94. The molecular weight excluding hydrogens is 404 g/mol. The fourth-order valence-corrected chi connectivity index (χ4v) is 3.84. The molecule has 8 heteroatoms. The summed E-state index contributed by atoms with van der Waals surface area (Å²) in [7, 11) is 0. The van der Waals surface area contributed by atoms with E-state index in [4.69, 9.17) is 11.6 Å². The molecule has 1 N–H and O–H groups in total. The third kappa shape index (κ3) is 3.84. The molecule has 4 rings (SSSR count). The molecule has 0 saturated carbocycles. The van der Waals surface area contributed by atoms with Gasteiger partial charge < -0.3 is 14.6 Å². The molecule has 2 aromatic heterocycles. The van der Waals surface area contributed by atoms with Crippen molar-refractivity contribution >= 4 is 29.1 Å². The number of rotatable bonds is 6. The lowest BCUT2D eigenvalue weighted by Crippen LogP contribution is -2.31. The summed E-state index contributed by atoms with van der Waals surface area (Å²) >= 11 is 6.17. The smallest absolute Gasteiger partial charge is 0.295 e. The van der Waals surface area contributed by atoms with E-state index in [-0.39, 0.29) is 11.3 Å². The molecule has 0 aliphatic carbocycles. The van der Waals surface area contributed by atoms with Crippen LogP contribution in [-0.2, 0) is 16.1 Å². The van der Waals surface area contributed by atoms with Crippen molar-refractivity contribution in [3.63, 3.8) is 0 Å². The van der Waals surface area contributed by atoms with Gasteiger partial charge in [-0.2, -0.15) is 0 Å². The van der Waals surface area contributed by atoms with Crippen LogP contribution in [0.15, 0.2) is 73.1 Å². The third-order valence-electron chi connectivity index (χ3n) is 5.03. The highest BCUT2D eigenvalue weighted by Gasteiger charge is 2.45. The number of pyridine rings is 1. The Hall–Kier alpha value is -3.45. The Morgan fingerprint density at radius 2 is 1.87 bits per heavy atom. The number of amides is 1. The van der Waals surface area contributed by atoms with Crippen LogP contribution >= 0.6 is 11.6 Å². The molecule has 1 unspecified atom stereocenters. The molecule has 30 heavy (non-hydrogen) atoms. The number of aromatic nitrogens is 3. The number of carbonyl (C=O) groups is 2. The van der Waals surface area contributed by atoms with E-state index in [1.54, 1.807) is 48.9 Å². The van der Waals surface area contributed by atoms with Gasteiger partial charge in [0.1, 0.15) is 5.76 Å². The number of halogens is 1. The Kier molecular flexibility index (Phi) is 5.63. The van der Waals surface area contributed by atoms with Crippen LogP contribution in [0.5, 0.6) is 0 Å². The van der Waals surface area contributed by atoms with Crippen molar-refractivity contribution in [3.05, 3.63) is 89.2 Å². The number of aryl methyl sites for hydroxylation is 1. The fraction of sp³-hybridized carbons (Fsp3) is 0.182. The number of hydrogen-bond acceptors (Lipinski definition) is 5. The van der Waals surface area contributed by atoms with E-state index < -0.39 is 17.7 Å². The molecule has 3 heterocycles. The molecular formula is C22H19ClN4O3. The molecule has 3 aromatic rings. The Morgan fingerprint density at radius 1 is 1.07 bits per heavy atom. The van der Waals surface area contributed by atoms with Crippen molar-refractivity contribution in [2.24, 2.45) is 0 Å². The Morgan fingerprint density at radius 3 is 2.57 bits per heavy atom. The minimum atomic E-state index is -0.723. The first kappa shape index (κ1) is 19.8. The van der Waals surface area contributed by atoms with E-state index in [2.05, 4.69) is 9.97 Å². The highest BCUT2D eigenvalue weighted by molar-refractivity contribution is 6.46. The molecule has 1 fully saturated rings. The zero-order chi connectivity index (χ0) is 21.1. The summed E-state index contributed by atoms with van der Waals surface area (Å²) in [4.78, 5) is 35.2. The molecule has 1 saturated heterocycles. The van der Waals surface area contributed by atoms with Crippen LogP contribution < -0.4 is 0 Å². The molecule has 0 bridgehead atoms. The lowest BCUT2D eigenvalue weighted by Gasteiger charge is -2.25. The summed E-state index contributed by atoms with van der Waals surface area (Å²) in [5, 5.41) is 11.4. The minimum absolute atomic E-state index is 0.0519. The maximum Gasteiger partial charge on any atom is 0.295 e. The standard InChI is InChI=1S/C22H19ClN4O3/c23-17-4-1-3-16(13-17)19-18(20(28)15-5-7-24-8-6-15)21(29)22(30)27(19)11-2-10-26-12-9-25-14-26/h1,3-9,12-14,19,28H,2,10-11H2/b20-18+. The number of likely N-dealkylation sites (tertiary alicyclic amines) is 1. The number of imidazole rings is 1. The second kappa shape index (κ2) is 8.51. The largest absolute Gasteiger partial charge is 0.507 e. The molecule has 1 aromatic carbocycles. The number of ketones is 1. The topological polar surface area (TPSA) is 88.3 Å². The monoisotopic (exact) mass is 422 g/mol. The van der Waals surface area contributed by atoms with Crippen LogP contribution in [0.25, 0.3) is 5.76 Å². The van der Waals surface area contributed by atoms with Crippen LogP contribution in [0.2, 0.25) is 5.02 Å². The van der Waals surface area contributed by atoms with E-state index in [1.165, 1.54) is 17.3 Å². The first-order chi connectivity index (χ1) is 14.6. The Bertz CT molecular complexity index is 1100. The number of nitrogens with zero attached hydrogens (tertiary/aromatic N) is 4. The van der Waals surface area contributed by atoms with Gasteiger partial charge >= 0.3 is 0 Å². The van der Waals surface area contributed by atoms with Gasteiger partial charge in [-0.25, -0.2) is 4.98 Å². The van der Waals surface area contributed by atoms with E-state index in [0.29, 0.717) is 35.7 Å². The summed E-state index contributed by atoms with van der Waals surface area (Å²) < 4.78 is 1.90. The second-order valence-corrected chi connectivity index (χ2v) is 7.37. The van der Waals surface area contributed by atoms with Gasteiger partial charge in [0.2, 0.25) is 0 Å². The Labute approximate surface area is 178 Å². The zero-order valence-electron chi connectivity index (χ0n) is 16.0. The highest BCUT2D eigenvalue weighted by Crippen LogP contribution is 2.39. The maximum atomic E-state index is 12.9. The molecule has 0 spiro atoms. The fourth-order valence-electron chi connectivity index (χ4n) is 3.64. The van der Waals surface area contributed by atoms with E-state index in [0.717, 1.165) is 0 Å². The number of aliphatic hydroxyl groups excluding tert-OH is 1. The summed E-state index contributed by atoms with van der Waals surface area (Å²) in [5.74, 6) is -1.57. The zero-order valence-corrected chi connectivity index (χ0v) is 16.7. The molecule has 1 aliphatic heterocycles. The first-order valence-electron chi connectivity index (χ1n) is 9.46. The van der Waals surface area contributed by atoms with Crippen molar-refractivity contribution in [3.8, 4) is 0 Å². The third-order valence-corrected chi connectivity index (χ3v) is 5.27. The van der Waals surface area contributed by atoms with Crippen molar-refractivity contribution in [1.82, 2.24) is 19.4 Å². The van der Waals surface area contributed by atoms with Crippen LogP contribution in [0, 0.1) is 0 Å². The SMILES string of the molecule is O=C1C(=O)N(CCCn2ccnc2)C(c2cccc(Cl)c2)/C1=C(\O)c1ccncc1. The van der Waals surface area contributed by atoms with Gasteiger partial charge in [-0.1, -0.05) is 23.7 Å². The van der Waals surface area contributed by atoms with E-state index in [9.17, 15) is 14.7 Å². The summed E-state index contributed by atoms with van der Waals surface area (Å²) in [6.45, 7) is 0.989. The van der Waals surface area contributed by atoms with Crippen LogP contribution in [-0.4, -0.2) is 42.8 Å². The van der Waals surface area contributed by atoms with Gasteiger partial charge in [0, 0.05) is 48.5 Å². The number of hydrogen-bond donors (Lipinski definition) is 1. The lowest BCUT2D eigenvalue weighted by atomic mass is 9.95. The van der Waals surface area contributed by atoms with Crippen molar-refractivity contribution in [2.45, 2.75) is 19.0 Å². The minimum Gasteiger partial charge on any atom is -0.507 e. The summed E-state index contributed by atoms with van der Waals surface area (Å²) in [6, 6.07) is 9.45. The molecule has 1 aliphatic rings. The average Bonchev–Trinajstić information content (AvgIpc) is 3.36. The van der Waals surface area contributed by atoms with Gasteiger partial charge in [0.15, 0.2) is 0 Å². The highest BCUT2D eigenvalue weighted by atomic mass is 35.5. The summed E-state index contributed by atoms with van der Waals surface area (Å²) in [6.07, 6.45) is 8.88. The predicted molar refractivity (Wildman–Crippen MR) is 112 cm³/mol. The molecule has 0 radical (unpaired) electrons. The van der Waals surface area contributed by atoms with Gasteiger partial charge in [0.25, 0.3) is 11.7 Å². The van der Waals surface area contributed by atoms with Crippen molar-refractivity contribution in [2.75, 3.05) is 6.54 Å². The molecule has 1 amide bonds. The number of aliphatic hydroxyl groups is 1. The number of carbonyl (C=O) groups excluding carboxylic acids is 2. The maximum absolute atomic E-state index is 12.9. The van der Waals surface area contributed by atoms with Crippen molar-refractivity contribution in [1.29, 1.82) is 0 Å². The first-order valence-corrected chi connectivity index (χ1v) is 9.84. The lowest BCUT2D eigenvalue weighted by molar-refractivity contribution is -0.139. The van der Waals surface area contributed by atoms with Gasteiger partial charge in [-0.05, 0) is 36.2 Å². The van der Waals surface area contributed by atoms with E-state index >= 15 is 0 Å². The summed E-state index contributed by atoms with van der Waals surface area (Å²) in [5.41, 5.74) is 1.14. The van der Waals surface area contributed by atoms with Crippen LogP contribution in [0.1, 0.15) is 23.6 Å². The normalized spacial score (nSPS) is 18.2. The average molecular weight is 423 g/mol. The van der Waals surface area contributed by atoms with Gasteiger partial charge in [0.05, 0.1) is 17.9 Å². The van der Waals surface area contributed by atoms with Crippen LogP contribution in [0.4, 0.5) is 0 Å². The van der Waals surface area contributed by atoms with Crippen molar-refractivity contribution < 1.29 is 14.7 Å². The quantitative estimate of drug-likeness (QED) is 0.373. The molecule has 7 nitrogen and oxygen atoms in total. The molecule has 152 valence electrons. The van der Waals surface area contributed by atoms with Gasteiger partial charge in [-0.15, -0.1) is 0 Å².